The Balaban J connectivity index is 0. The van der Waals surface area contributed by atoms with E-state index >= 15 is 0 Å². The van der Waals surface area contributed by atoms with Crippen molar-refractivity contribution in [3.8, 4) is 0 Å². The Bertz CT molecular complexity index is 96.1. The monoisotopic (exact) mass is 377 g/mol. The van der Waals surface area contributed by atoms with Crippen LogP contribution >= 0.6 is 36.4 Å². The zero-order valence-electron chi connectivity index (χ0n) is 8.67. The fraction of sp³-hybridized carbons (Fsp3) is 1.00. The summed E-state index contributed by atoms with van der Waals surface area (Å²) < 4.78 is 0. The van der Waals surface area contributed by atoms with Crippen molar-refractivity contribution in [2.45, 2.75) is 39.0 Å². The molecule has 0 amide bonds. The first-order chi connectivity index (χ1) is 6.01. The van der Waals surface area contributed by atoms with E-state index < -0.39 is 0 Å². The van der Waals surface area contributed by atoms with Crippen LogP contribution in [-0.4, -0.2) is 24.0 Å². The van der Waals surface area contributed by atoms with Crippen LogP contribution in [0, 0.1) is 0 Å². The first-order valence-electron chi connectivity index (χ1n) is 4.29. The molecule has 0 unspecified atom stereocenters. The van der Waals surface area contributed by atoms with E-state index in [-0.39, 0.29) is 7.92 Å². The molecule has 1 nitrogen and oxygen atoms in total. The molecular weight excluding hydrogens is 360 g/mol. The van der Waals surface area contributed by atoms with Crippen molar-refractivity contribution in [2.24, 2.45) is 5.73 Å². The average molecular weight is 380 g/mol. The predicted molar refractivity (Wildman–Crippen MR) is 69.0 cm³/mol. The van der Waals surface area contributed by atoms with E-state index in [1.165, 1.54) is 17.1 Å². The van der Waals surface area contributed by atoms with Gasteiger partial charge >= 0.3 is 39.3 Å². The van der Waals surface area contributed by atoms with E-state index in [0.29, 0.717) is 0 Å². The minimum absolute atomic E-state index is 0.196. The Morgan fingerprint density at radius 3 is 1.54 bits per heavy atom. The molecule has 13 heavy (non-hydrogen) atoms. The van der Waals surface area contributed by atoms with E-state index in [1.807, 2.05) is 0 Å². The molecule has 0 spiro atoms. The van der Waals surface area contributed by atoms with Gasteiger partial charge in [0.1, 0.15) is 0 Å². The summed E-state index contributed by atoms with van der Waals surface area (Å²) in [6, 6.07) is 0. The van der Waals surface area contributed by atoms with E-state index in [9.17, 15) is 0 Å². The van der Waals surface area contributed by atoms with E-state index in [0.717, 1.165) is 17.9 Å². The topological polar surface area (TPSA) is 26.0 Å². The van der Waals surface area contributed by atoms with Crippen LogP contribution in [-0.2, 0) is 10.9 Å². The number of nitrogens with two attached hydrogens (primary N) is 1. The van der Waals surface area contributed by atoms with Crippen LogP contribution in [0.2, 0.25) is 0 Å². The van der Waals surface area contributed by atoms with Crippen LogP contribution < -0.4 is 5.73 Å². The maximum atomic E-state index is 5.52. The van der Waals surface area contributed by atoms with Gasteiger partial charge in [0.25, 0.3) is 0 Å². The van der Waals surface area contributed by atoms with Gasteiger partial charge in [0.2, 0.25) is 0 Å². The maximum absolute atomic E-state index is 5.52. The van der Waals surface area contributed by atoms with Crippen LogP contribution in [0.3, 0.4) is 0 Å². The molecule has 0 saturated heterocycles. The van der Waals surface area contributed by atoms with Crippen LogP contribution in [0.4, 0.5) is 0 Å². The van der Waals surface area contributed by atoms with Gasteiger partial charge in [0, 0.05) is 0 Å². The standard InChI is InChI=1S/C8H20NP.2BrH.Ni/c1-7(2)10(6-5-9)8(3)4;;;/h7-8H,5-6,9H2,1-4H3;2*1H;/q;;;+2/p-2. The average Bonchev–Trinajstić information content (AvgIpc) is 2.00. The van der Waals surface area contributed by atoms with Crippen LogP contribution in [0.25, 0.3) is 0 Å². The van der Waals surface area contributed by atoms with Gasteiger partial charge in [0.15, 0.2) is 0 Å². The first-order valence-corrected chi connectivity index (χ1v) is 10.8. The van der Waals surface area contributed by atoms with Crippen LogP contribution in [0.1, 0.15) is 27.7 Å². The van der Waals surface area contributed by atoms with Crippen molar-refractivity contribution in [1.82, 2.24) is 0 Å². The van der Waals surface area contributed by atoms with Crippen molar-refractivity contribution in [1.29, 1.82) is 0 Å². The minimum atomic E-state index is 0.196. The molecule has 0 bridgehead atoms. The van der Waals surface area contributed by atoms with Crippen LogP contribution in [0.5, 0.6) is 0 Å². The fourth-order valence-corrected chi connectivity index (χ4v) is 3.79. The molecule has 0 rings (SSSR count). The molecule has 0 aliphatic heterocycles. The van der Waals surface area contributed by atoms with Crippen molar-refractivity contribution < 1.29 is 10.9 Å². The second-order valence-corrected chi connectivity index (χ2v) is 11.8. The molecule has 86 valence electrons. The molecule has 0 aliphatic carbocycles. The van der Waals surface area contributed by atoms with Gasteiger partial charge in [0.05, 0.1) is 0 Å². The molecule has 2 N–H and O–H groups in total. The van der Waals surface area contributed by atoms with E-state index in [1.54, 1.807) is 0 Å². The zero-order chi connectivity index (χ0) is 10.9. The zero-order valence-corrected chi connectivity index (χ0v) is 13.7. The quantitative estimate of drug-likeness (QED) is 0.581. The van der Waals surface area contributed by atoms with Gasteiger partial charge in [-0.15, -0.1) is 7.92 Å². The molecule has 5 heteroatoms. The van der Waals surface area contributed by atoms with Crippen molar-refractivity contribution >= 4 is 36.4 Å². The molecule has 0 aromatic heterocycles. The Morgan fingerprint density at radius 2 is 1.46 bits per heavy atom. The summed E-state index contributed by atoms with van der Waals surface area (Å²) in [7, 11) is 1.45. The van der Waals surface area contributed by atoms with Crippen molar-refractivity contribution in [2.75, 3.05) is 12.7 Å². The molecule has 0 aliphatic rings. The summed E-state index contributed by atoms with van der Waals surface area (Å²) in [5.74, 6) is 0. The number of hydrogen-bond acceptors (Lipinski definition) is 1. The van der Waals surface area contributed by atoms with Gasteiger partial charge in [-0.2, -0.15) is 0 Å². The van der Waals surface area contributed by atoms with Gasteiger partial charge in [-0.05, 0) is 24.0 Å². The van der Waals surface area contributed by atoms with Gasteiger partial charge in [-0.25, -0.2) is 0 Å². The summed E-state index contributed by atoms with van der Waals surface area (Å²) >= 11 is 6.00. The summed E-state index contributed by atoms with van der Waals surface area (Å²) in [5.41, 5.74) is 7.21. The SMILES string of the molecule is CC(C)P(CCN)C(C)C.[Br][Ni][Br]. The van der Waals surface area contributed by atoms with Gasteiger partial charge in [-0.1, -0.05) is 27.7 Å². The number of rotatable bonds is 4. The second-order valence-electron chi connectivity index (χ2n) is 3.26. The summed E-state index contributed by atoms with van der Waals surface area (Å²) in [6.45, 7) is 10.1. The Labute approximate surface area is 104 Å². The fourth-order valence-electron chi connectivity index (χ4n) is 1.26. The van der Waals surface area contributed by atoms with Gasteiger partial charge in [-0.3, -0.25) is 0 Å². The van der Waals surface area contributed by atoms with Gasteiger partial charge < -0.3 is 5.73 Å². The third kappa shape index (κ3) is 11.8. The Morgan fingerprint density at radius 1 is 1.15 bits per heavy atom. The molecule has 0 aromatic rings. The van der Waals surface area contributed by atoms with E-state index in [4.69, 9.17) is 5.73 Å². The molecule has 0 radical (unpaired) electrons. The number of hydrogen-bond donors (Lipinski definition) is 1. The molecule has 0 heterocycles. The summed E-state index contributed by atoms with van der Waals surface area (Å²) in [6.07, 6.45) is 1.24. The normalized spacial score (nSPS) is 10.9. The molecule has 0 saturated carbocycles. The Kier molecular flexibility index (Phi) is 15.8. The predicted octanol–water partition coefficient (Wildman–Crippen LogP) is 3.93. The third-order valence-electron chi connectivity index (χ3n) is 1.71. The van der Waals surface area contributed by atoms with Crippen LogP contribution in [0.15, 0.2) is 0 Å². The molecule has 0 aromatic carbocycles. The molecule has 0 fully saturated rings. The summed E-state index contributed by atoms with van der Waals surface area (Å²) in [5, 5.41) is 0. The van der Waals surface area contributed by atoms with Crippen molar-refractivity contribution in [3.63, 3.8) is 0 Å². The molecular formula is C8H20Br2NNiP. The van der Waals surface area contributed by atoms with Crippen molar-refractivity contribution in [3.05, 3.63) is 0 Å². The number of halogens is 2. The Hall–Kier alpha value is 1.84. The third-order valence-corrected chi connectivity index (χ3v) is 5.14. The summed E-state index contributed by atoms with van der Waals surface area (Å²) in [4.78, 5) is 0. The molecule has 0 atom stereocenters. The van der Waals surface area contributed by atoms with E-state index in [2.05, 4.69) is 56.1 Å². The first kappa shape index (κ1) is 17.2. The second kappa shape index (κ2) is 11.9.